The number of hydrogen-bond acceptors (Lipinski definition) is 3. The molecule has 0 fully saturated rings. The number of hydrogen-bond donors (Lipinski definition) is 2. The Morgan fingerprint density at radius 2 is 1.69 bits per heavy atom. The standard InChI is InChI=1S/C21H25NO4/c1-21(2,17-9-11-18(26-3)12-10-17)20(25)22-14-16(19(23)24)13-15-7-5-4-6-8-15/h4-12,16H,13-14H2,1-3H3,(H,22,25)(H,23,24). The van der Waals surface area contributed by atoms with E-state index in [1.807, 2.05) is 56.3 Å². The van der Waals surface area contributed by atoms with E-state index >= 15 is 0 Å². The van der Waals surface area contributed by atoms with Gasteiger partial charge in [0.05, 0.1) is 18.4 Å². The first-order valence-corrected chi connectivity index (χ1v) is 8.54. The van der Waals surface area contributed by atoms with E-state index in [1.165, 1.54) is 0 Å². The Balaban J connectivity index is 2.02. The van der Waals surface area contributed by atoms with Crippen LogP contribution < -0.4 is 10.1 Å². The summed E-state index contributed by atoms with van der Waals surface area (Å²) in [4.78, 5) is 24.2. The molecule has 0 saturated heterocycles. The molecule has 0 saturated carbocycles. The van der Waals surface area contributed by atoms with Crippen LogP contribution in [0.25, 0.3) is 0 Å². The number of nitrogens with one attached hydrogen (secondary N) is 1. The fourth-order valence-electron chi connectivity index (χ4n) is 2.72. The molecule has 5 heteroatoms. The summed E-state index contributed by atoms with van der Waals surface area (Å²) in [5.74, 6) is -1.08. The number of carbonyl (C=O) groups is 2. The van der Waals surface area contributed by atoms with Crippen LogP contribution in [0.1, 0.15) is 25.0 Å². The third kappa shape index (κ3) is 4.85. The van der Waals surface area contributed by atoms with Gasteiger partial charge in [0.2, 0.25) is 5.91 Å². The van der Waals surface area contributed by atoms with E-state index in [2.05, 4.69) is 5.32 Å². The molecule has 2 aromatic rings. The second-order valence-electron chi connectivity index (χ2n) is 6.79. The van der Waals surface area contributed by atoms with Gasteiger partial charge in [0.15, 0.2) is 0 Å². The highest BCUT2D eigenvalue weighted by molar-refractivity contribution is 5.87. The molecule has 0 heterocycles. The summed E-state index contributed by atoms with van der Waals surface area (Å²) in [6, 6.07) is 16.7. The van der Waals surface area contributed by atoms with E-state index in [9.17, 15) is 14.7 Å². The number of ether oxygens (including phenoxy) is 1. The van der Waals surface area contributed by atoms with Gasteiger partial charge in [-0.05, 0) is 43.5 Å². The first-order valence-electron chi connectivity index (χ1n) is 8.54. The Labute approximate surface area is 154 Å². The first kappa shape index (κ1) is 19.5. The van der Waals surface area contributed by atoms with Crippen LogP contribution in [0.2, 0.25) is 0 Å². The van der Waals surface area contributed by atoms with Crippen LogP contribution in [-0.2, 0) is 21.4 Å². The van der Waals surface area contributed by atoms with Crippen LogP contribution in [-0.4, -0.2) is 30.6 Å². The summed E-state index contributed by atoms with van der Waals surface area (Å²) in [7, 11) is 1.59. The molecule has 0 aliphatic heterocycles. The van der Waals surface area contributed by atoms with Gasteiger partial charge < -0.3 is 15.2 Å². The zero-order valence-corrected chi connectivity index (χ0v) is 15.4. The summed E-state index contributed by atoms with van der Waals surface area (Å²) < 4.78 is 5.14. The van der Waals surface area contributed by atoms with E-state index < -0.39 is 17.3 Å². The number of carbonyl (C=O) groups excluding carboxylic acids is 1. The van der Waals surface area contributed by atoms with Crippen LogP contribution in [0.4, 0.5) is 0 Å². The summed E-state index contributed by atoms with van der Waals surface area (Å²) >= 11 is 0. The van der Waals surface area contributed by atoms with Gasteiger partial charge >= 0.3 is 5.97 Å². The number of aliphatic carboxylic acids is 1. The van der Waals surface area contributed by atoms with Gasteiger partial charge in [-0.25, -0.2) is 0 Å². The second-order valence-corrected chi connectivity index (χ2v) is 6.79. The van der Waals surface area contributed by atoms with E-state index in [4.69, 9.17) is 4.74 Å². The summed E-state index contributed by atoms with van der Waals surface area (Å²) in [5.41, 5.74) is 0.997. The predicted octanol–water partition coefficient (Wildman–Crippen LogP) is 3.03. The second kappa shape index (κ2) is 8.52. The minimum absolute atomic E-state index is 0.0860. The van der Waals surface area contributed by atoms with Crippen molar-refractivity contribution in [2.75, 3.05) is 13.7 Å². The quantitative estimate of drug-likeness (QED) is 0.763. The Bertz CT molecular complexity index is 738. The molecule has 0 aliphatic carbocycles. The lowest BCUT2D eigenvalue weighted by atomic mass is 9.83. The molecule has 138 valence electrons. The van der Waals surface area contributed by atoms with Crippen LogP contribution >= 0.6 is 0 Å². The van der Waals surface area contributed by atoms with Crippen LogP contribution in [0, 0.1) is 5.92 Å². The highest BCUT2D eigenvalue weighted by Crippen LogP contribution is 2.25. The van der Waals surface area contributed by atoms with Crippen molar-refractivity contribution in [2.24, 2.45) is 5.92 Å². The largest absolute Gasteiger partial charge is 0.497 e. The average Bonchev–Trinajstić information content (AvgIpc) is 2.65. The highest BCUT2D eigenvalue weighted by Gasteiger charge is 2.31. The maximum Gasteiger partial charge on any atom is 0.308 e. The SMILES string of the molecule is COc1ccc(C(C)(C)C(=O)NCC(Cc2ccccc2)C(=O)O)cc1. The number of amides is 1. The van der Waals surface area contributed by atoms with Crippen molar-refractivity contribution in [1.29, 1.82) is 0 Å². The molecular weight excluding hydrogens is 330 g/mol. The van der Waals surface area contributed by atoms with Crippen LogP contribution in [0.5, 0.6) is 5.75 Å². The molecule has 0 radical (unpaired) electrons. The number of methoxy groups -OCH3 is 1. The highest BCUT2D eigenvalue weighted by atomic mass is 16.5. The van der Waals surface area contributed by atoms with Crippen molar-refractivity contribution in [3.05, 3.63) is 65.7 Å². The van der Waals surface area contributed by atoms with Gasteiger partial charge in [-0.2, -0.15) is 0 Å². The third-order valence-corrected chi connectivity index (χ3v) is 4.56. The molecule has 1 atom stereocenters. The smallest absolute Gasteiger partial charge is 0.308 e. The summed E-state index contributed by atoms with van der Waals surface area (Å²) in [5, 5.41) is 12.3. The molecule has 0 spiro atoms. The van der Waals surface area contributed by atoms with Gasteiger partial charge in [-0.1, -0.05) is 42.5 Å². The van der Waals surface area contributed by atoms with E-state index in [0.717, 1.165) is 16.9 Å². The zero-order valence-electron chi connectivity index (χ0n) is 15.4. The van der Waals surface area contributed by atoms with Crippen molar-refractivity contribution < 1.29 is 19.4 Å². The Morgan fingerprint density at radius 3 is 2.23 bits per heavy atom. The molecule has 0 bridgehead atoms. The lowest BCUT2D eigenvalue weighted by Crippen LogP contribution is -2.43. The van der Waals surface area contributed by atoms with Crippen molar-refractivity contribution in [3.63, 3.8) is 0 Å². The molecule has 0 aromatic heterocycles. The van der Waals surface area contributed by atoms with Crippen molar-refractivity contribution >= 4 is 11.9 Å². The Kier molecular flexibility index (Phi) is 6.39. The maximum atomic E-state index is 12.7. The lowest BCUT2D eigenvalue weighted by molar-refractivity contribution is -0.141. The fourth-order valence-corrected chi connectivity index (χ4v) is 2.72. The van der Waals surface area contributed by atoms with Crippen LogP contribution in [0.15, 0.2) is 54.6 Å². The molecule has 2 rings (SSSR count). The topological polar surface area (TPSA) is 75.6 Å². The van der Waals surface area contributed by atoms with Crippen molar-refractivity contribution in [3.8, 4) is 5.75 Å². The Hall–Kier alpha value is -2.82. The average molecular weight is 355 g/mol. The molecular formula is C21H25NO4. The van der Waals surface area contributed by atoms with Crippen molar-refractivity contribution in [1.82, 2.24) is 5.32 Å². The first-order chi connectivity index (χ1) is 12.3. The fraction of sp³-hybridized carbons (Fsp3) is 0.333. The van der Waals surface area contributed by atoms with Gasteiger partial charge in [-0.15, -0.1) is 0 Å². The lowest BCUT2D eigenvalue weighted by Gasteiger charge is -2.25. The minimum atomic E-state index is -0.920. The van der Waals surface area contributed by atoms with Crippen LogP contribution in [0.3, 0.4) is 0 Å². The predicted molar refractivity (Wildman–Crippen MR) is 100 cm³/mol. The molecule has 1 amide bonds. The minimum Gasteiger partial charge on any atom is -0.497 e. The Morgan fingerprint density at radius 1 is 1.08 bits per heavy atom. The number of benzene rings is 2. The summed E-state index contributed by atoms with van der Waals surface area (Å²) in [6.07, 6.45) is 0.374. The summed E-state index contributed by atoms with van der Waals surface area (Å²) in [6.45, 7) is 3.72. The third-order valence-electron chi connectivity index (χ3n) is 4.56. The molecule has 26 heavy (non-hydrogen) atoms. The number of carboxylic acids is 1. The van der Waals surface area contributed by atoms with Gasteiger partial charge in [0, 0.05) is 6.54 Å². The van der Waals surface area contributed by atoms with Crippen molar-refractivity contribution in [2.45, 2.75) is 25.7 Å². The molecule has 2 aromatic carbocycles. The molecule has 5 nitrogen and oxygen atoms in total. The van der Waals surface area contributed by atoms with E-state index in [1.54, 1.807) is 19.2 Å². The number of carboxylic acid groups (broad SMARTS) is 1. The zero-order chi connectivity index (χ0) is 19.2. The maximum absolute atomic E-state index is 12.7. The van der Waals surface area contributed by atoms with E-state index in [0.29, 0.717) is 6.42 Å². The van der Waals surface area contributed by atoms with E-state index in [-0.39, 0.29) is 12.5 Å². The number of rotatable bonds is 8. The molecule has 1 unspecified atom stereocenters. The monoisotopic (exact) mass is 355 g/mol. The normalized spacial score (nSPS) is 12.3. The molecule has 0 aliphatic rings. The van der Waals surface area contributed by atoms with Gasteiger partial charge in [-0.3, -0.25) is 9.59 Å². The van der Waals surface area contributed by atoms with Gasteiger partial charge in [0.25, 0.3) is 0 Å². The molecule has 2 N–H and O–H groups in total. The van der Waals surface area contributed by atoms with Gasteiger partial charge in [0.1, 0.15) is 5.75 Å².